The molecule has 106 valence electrons. The van der Waals surface area contributed by atoms with Gasteiger partial charge in [-0.3, -0.25) is 0 Å². The van der Waals surface area contributed by atoms with Crippen LogP contribution >= 0.6 is 0 Å². The van der Waals surface area contributed by atoms with Crippen LogP contribution in [0.5, 0.6) is 11.6 Å². The molecule has 1 aliphatic carbocycles. The van der Waals surface area contributed by atoms with E-state index in [1.807, 2.05) is 26.8 Å². The van der Waals surface area contributed by atoms with Crippen LogP contribution in [0.15, 0.2) is 12.3 Å². The number of hydrogen-bond donors (Lipinski definition) is 0. The molecule has 0 atom stereocenters. The number of hydrogen-bond acceptors (Lipinski definition) is 3. The van der Waals surface area contributed by atoms with Gasteiger partial charge in [0.15, 0.2) is 0 Å². The first-order valence-corrected chi connectivity index (χ1v) is 7.01. The van der Waals surface area contributed by atoms with Gasteiger partial charge in [0.2, 0.25) is 5.88 Å². The van der Waals surface area contributed by atoms with Crippen LogP contribution in [0, 0.1) is 0 Å². The van der Waals surface area contributed by atoms with E-state index in [2.05, 4.69) is 25.8 Å². The predicted octanol–water partition coefficient (Wildman–Crippen LogP) is 4.10. The lowest BCUT2D eigenvalue weighted by Gasteiger charge is -2.25. The maximum atomic E-state index is 5.95. The van der Waals surface area contributed by atoms with E-state index in [4.69, 9.17) is 9.47 Å². The Labute approximate surface area is 116 Å². The van der Waals surface area contributed by atoms with Crippen molar-refractivity contribution in [2.24, 2.45) is 0 Å². The van der Waals surface area contributed by atoms with E-state index in [0.717, 1.165) is 24.2 Å². The topological polar surface area (TPSA) is 31.4 Å². The lowest BCUT2D eigenvalue weighted by atomic mass is 9.87. The minimum atomic E-state index is -0.235. The van der Waals surface area contributed by atoms with Crippen LogP contribution in [0.25, 0.3) is 0 Å². The second-order valence-electron chi connectivity index (χ2n) is 7.30. The molecular formula is C16H25NO2. The van der Waals surface area contributed by atoms with Gasteiger partial charge in [0, 0.05) is 11.6 Å². The lowest BCUT2D eigenvalue weighted by Crippen LogP contribution is -2.24. The summed E-state index contributed by atoms with van der Waals surface area (Å²) in [6.45, 7) is 12.6. The molecule has 1 heterocycles. The van der Waals surface area contributed by atoms with E-state index in [1.165, 1.54) is 0 Å². The molecule has 0 bridgehead atoms. The van der Waals surface area contributed by atoms with Crippen LogP contribution in [-0.4, -0.2) is 16.7 Å². The first-order chi connectivity index (χ1) is 8.65. The van der Waals surface area contributed by atoms with E-state index in [9.17, 15) is 0 Å². The van der Waals surface area contributed by atoms with Crippen molar-refractivity contribution in [2.75, 3.05) is 0 Å². The highest BCUT2D eigenvalue weighted by Crippen LogP contribution is 2.37. The Morgan fingerprint density at radius 1 is 1.11 bits per heavy atom. The summed E-state index contributed by atoms with van der Waals surface area (Å²) >= 11 is 0. The highest BCUT2D eigenvalue weighted by Gasteiger charge is 2.28. The van der Waals surface area contributed by atoms with Crippen molar-refractivity contribution in [1.29, 1.82) is 0 Å². The zero-order valence-corrected chi connectivity index (χ0v) is 12.9. The molecule has 1 aromatic rings. The minimum absolute atomic E-state index is 0.0170. The molecule has 3 heteroatoms. The molecule has 19 heavy (non-hydrogen) atoms. The molecule has 1 saturated carbocycles. The molecule has 0 spiro atoms. The number of nitrogens with zero attached hydrogens (tertiary/aromatic N) is 1. The van der Waals surface area contributed by atoms with Crippen molar-refractivity contribution in [3.63, 3.8) is 0 Å². The molecule has 3 nitrogen and oxygen atoms in total. The average Bonchev–Trinajstić information content (AvgIpc) is 3.00. The second-order valence-corrected chi connectivity index (χ2v) is 7.30. The van der Waals surface area contributed by atoms with Gasteiger partial charge in [-0.05, 0) is 39.0 Å². The van der Waals surface area contributed by atoms with Gasteiger partial charge in [0.05, 0.1) is 12.3 Å². The highest BCUT2D eigenvalue weighted by molar-refractivity contribution is 5.40. The van der Waals surface area contributed by atoms with Gasteiger partial charge >= 0.3 is 0 Å². The highest BCUT2D eigenvalue weighted by atomic mass is 16.5. The fraction of sp³-hybridized carbons (Fsp3) is 0.688. The van der Waals surface area contributed by atoms with Crippen LogP contribution in [0.2, 0.25) is 0 Å². The molecule has 0 aliphatic heterocycles. The quantitative estimate of drug-likeness (QED) is 0.822. The summed E-state index contributed by atoms with van der Waals surface area (Å²) in [5, 5.41) is 0. The smallest absolute Gasteiger partial charge is 0.214 e. The Morgan fingerprint density at radius 3 is 2.21 bits per heavy atom. The van der Waals surface area contributed by atoms with Gasteiger partial charge in [-0.25, -0.2) is 4.98 Å². The molecule has 0 radical (unpaired) electrons. The first kappa shape index (κ1) is 14.2. The summed E-state index contributed by atoms with van der Waals surface area (Å²) < 4.78 is 11.8. The number of ether oxygens (including phenoxy) is 2. The van der Waals surface area contributed by atoms with E-state index in [1.54, 1.807) is 6.20 Å². The summed E-state index contributed by atoms with van der Waals surface area (Å²) in [7, 11) is 0. The molecular weight excluding hydrogens is 238 g/mol. The molecule has 0 aromatic carbocycles. The predicted molar refractivity (Wildman–Crippen MR) is 77.0 cm³/mol. The maximum Gasteiger partial charge on any atom is 0.214 e. The molecule has 1 aliphatic rings. The maximum absolute atomic E-state index is 5.95. The Morgan fingerprint density at radius 2 is 1.74 bits per heavy atom. The number of pyridine rings is 1. The fourth-order valence-electron chi connectivity index (χ4n) is 1.84. The van der Waals surface area contributed by atoms with Crippen LogP contribution < -0.4 is 9.47 Å². The first-order valence-electron chi connectivity index (χ1n) is 7.01. The monoisotopic (exact) mass is 263 g/mol. The van der Waals surface area contributed by atoms with Crippen LogP contribution in [-0.2, 0) is 5.41 Å². The third-order valence-corrected chi connectivity index (χ3v) is 2.88. The van der Waals surface area contributed by atoms with E-state index >= 15 is 0 Å². The summed E-state index contributed by atoms with van der Waals surface area (Å²) in [4.78, 5) is 4.37. The summed E-state index contributed by atoms with van der Waals surface area (Å²) in [5.74, 6) is 1.57. The summed E-state index contributed by atoms with van der Waals surface area (Å²) in [6.07, 6.45) is 4.51. The van der Waals surface area contributed by atoms with Gasteiger partial charge in [-0.2, -0.15) is 0 Å². The van der Waals surface area contributed by atoms with Crippen LogP contribution in [0.4, 0.5) is 0 Å². The lowest BCUT2D eigenvalue weighted by molar-refractivity contribution is 0.123. The van der Waals surface area contributed by atoms with E-state index in [-0.39, 0.29) is 11.0 Å². The number of aromatic nitrogens is 1. The molecule has 2 rings (SSSR count). The van der Waals surface area contributed by atoms with Crippen molar-refractivity contribution in [3.05, 3.63) is 17.8 Å². The number of rotatable bonds is 3. The van der Waals surface area contributed by atoms with Gasteiger partial charge < -0.3 is 9.47 Å². The van der Waals surface area contributed by atoms with E-state index in [0.29, 0.717) is 12.0 Å². The van der Waals surface area contributed by atoms with Crippen molar-refractivity contribution in [2.45, 2.75) is 71.5 Å². The Bertz CT molecular complexity index is 451. The van der Waals surface area contributed by atoms with Crippen molar-refractivity contribution < 1.29 is 9.47 Å². The largest absolute Gasteiger partial charge is 0.488 e. The zero-order valence-electron chi connectivity index (χ0n) is 12.9. The third-order valence-electron chi connectivity index (χ3n) is 2.88. The van der Waals surface area contributed by atoms with Crippen molar-refractivity contribution in [1.82, 2.24) is 4.98 Å². The molecule has 1 fully saturated rings. The van der Waals surface area contributed by atoms with Crippen molar-refractivity contribution in [3.8, 4) is 11.6 Å². The molecule has 0 amide bonds. The zero-order chi connectivity index (χ0) is 14.3. The molecule has 0 N–H and O–H groups in total. The van der Waals surface area contributed by atoms with Gasteiger partial charge in [-0.15, -0.1) is 0 Å². The van der Waals surface area contributed by atoms with Gasteiger partial charge in [-0.1, -0.05) is 20.8 Å². The van der Waals surface area contributed by atoms with E-state index < -0.39 is 0 Å². The Kier molecular flexibility index (Phi) is 3.50. The second kappa shape index (κ2) is 4.69. The summed E-state index contributed by atoms with van der Waals surface area (Å²) in [5.41, 5.74) is 0.943. The third kappa shape index (κ3) is 4.12. The Hall–Kier alpha value is -1.25. The van der Waals surface area contributed by atoms with Gasteiger partial charge in [0.1, 0.15) is 11.4 Å². The molecule has 0 saturated heterocycles. The molecule has 1 aromatic heterocycles. The fourth-order valence-corrected chi connectivity index (χ4v) is 1.84. The van der Waals surface area contributed by atoms with Crippen LogP contribution in [0.3, 0.4) is 0 Å². The minimum Gasteiger partial charge on any atom is -0.488 e. The van der Waals surface area contributed by atoms with Gasteiger partial charge in [0.25, 0.3) is 0 Å². The molecule has 0 unspecified atom stereocenters. The average molecular weight is 263 g/mol. The standard InChI is InChI=1S/C16H25NO2/c1-15(2,3)12-9-14(19-16(4,5)6)17-10-13(12)18-11-7-8-11/h9-11H,7-8H2,1-6H3. The Balaban J connectivity index is 2.29. The van der Waals surface area contributed by atoms with Crippen LogP contribution in [0.1, 0.15) is 59.9 Å². The SMILES string of the molecule is CC(C)(C)Oc1cc(C(C)(C)C)c(OC2CC2)cn1. The normalized spacial score (nSPS) is 16.3. The van der Waals surface area contributed by atoms with Crippen molar-refractivity contribution >= 4 is 0 Å². The summed E-state index contributed by atoms with van der Waals surface area (Å²) in [6, 6.07) is 2.02.